The van der Waals surface area contributed by atoms with E-state index in [1.54, 1.807) is 0 Å². The average Bonchev–Trinajstić information content (AvgIpc) is 2.89. The molecular formula is C16H21NS. The first-order valence-corrected chi connectivity index (χ1v) is 7.47. The van der Waals surface area contributed by atoms with Crippen molar-refractivity contribution in [3.05, 3.63) is 58.3 Å². The zero-order valence-corrected chi connectivity index (χ0v) is 11.9. The van der Waals surface area contributed by atoms with Crippen molar-refractivity contribution in [2.45, 2.75) is 26.3 Å². The maximum absolute atomic E-state index is 3.68. The van der Waals surface area contributed by atoms with E-state index in [2.05, 4.69) is 67.0 Å². The third-order valence-electron chi connectivity index (χ3n) is 3.03. The molecule has 2 heteroatoms. The quantitative estimate of drug-likeness (QED) is 0.807. The lowest BCUT2D eigenvalue weighted by Gasteiger charge is -2.18. The van der Waals surface area contributed by atoms with Crippen LogP contribution in [0, 0.1) is 5.92 Å². The molecule has 0 aliphatic heterocycles. The smallest absolute Gasteiger partial charge is 0.0671 e. The van der Waals surface area contributed by atoms with Gasteiger partial charge >= 0.3 is 0 Å². The summed E-state index contributed by atoms with van der Waals surface area (Å²) in [4.78, 5) is 1.39. The molecule has 0 radical (unpaired) electrons. The SMILES string of the molecule is CC(C)CCNC(c1ccccc1)c1cccs1. The summed E-state index contributed by atoms with van der Waals surface area (Å²) in [6.45, 7) is 5.60. The summed E-state index contributed by atoms with van der Waals surface area (Å²) in [6.07, 6.45) is 1.22. The van der Waals surface area contributed by atoms with Gasteiger partial charge in [0, 0.05) is 4.88 Å². The van der Waals surface area contributed by atoms with Crippen LogP contribution in [0.25, 0.3) is 0 Å². The summed E-state index contributed by atoms with van der Waals surface area (Å²) in [5.41, 5.74) is 1.35. The Morgan fingerprint density at radius 1 is 1.06 bits per heavy atom. The first kappa shape index (κ1) is 13.3. The summed E-state index contributed by atoms with van der Waals surface area (Å²) in [6, 6.07) is 15.4. The van der Waals surface area contributed by atoms with Crippen LogP contribution < -0.4 is 5.32 Å². The van der Waals surface area contributed by atoms with Gasteiger partial charge in [-0.2, -0.15) is 0 Å². The Labute approximate surface area is 114 Å². The van der Waals surface area contributed by atoms with E-state index in [0.717, 1.165) is 12.5 Å². The van der Waals surface area contributed by atoms with E-state index < -0.39 is 0 Å². The molecule has 0 aliphatic rings. The highest BCUT2D eigenvalue weighted by Gasteiger charge is 2.13. The van der Waals surface area contributed by atoms with Gasteiger partial charge in [-0.05, 0) is 35.9 Å². The van der Waals surface area contributed by atoms with Gasteiger partial charge in [0.25, 0.3) is 0 Å². The molecule has 1 atom stereocenters. The Bertz CT molecular complexity index is 433. The number of rotatable bonds is 6. The van der Waals surface area contributed by atoms with Crippen LogP contribution in [0.1, 0.15) is 36.8 Å². The van der Waals surface area contributed by atoms with Gasteiger partial charge in [-0.15, -0.1) is 11.3 Å². The number of thiophene rings is 1. The number of hydrogen-bond acceptors (Lipinski definition) is 2. The predicted octanol–water partition coefficient (Wildman–Crippen LogP) is 4.47. The van der Waals surface area contributed by atoms with Crippen LogP contribution in [-0.2, 0) is 0 Å². The Morgan fingerprint density at radius 2 is 1.83 bits per heavy atom. The third-order valence-corrected chi connectivity index (χ3v) is 3.97. The second-order valence-electron chi connectivity index (χ2n) is 5.00. The van der Waals surface area contributed by atoms with Gasteiger partial charge in [0.05, 0.1) is 6.04 Å². The molecule has 2 rings (SSSR count). The van der Waals surface area contributed by atoms with E-state index in [1.165, 1.54) is 16.9 Å². The topological polar surface area (TPSA) is 12.0 Å². The fourth-order valence-electron chi connectivity index (χ4n) is 2.00. The highest BCUT2D eigenvalue weighted by Crippen LogP contribution is 2.25. The molecule has 0 spiro atoms. The van der Waals surface area contributed by atoms with Crippen LogP contribution in [0.4, 0.5) is 0 Å². The first-order valence-electron chi connectivity index (χ1n) is 6.59. The average molecular weight is 259 g/mol. The Hall–Kier alpha value is -1.12. The van der Waals surface area contributed by atoms with Crippen molar-refractivity contribution in [1.29, 1.82) is 0 Å². The molecule has 96 valence electrons. The molecule has 1 heterocycles. The van der Waals surface area contributed by atoms with E-state index in [-0.39, 0.29) is 0 Å². The normalized spacial score (nSPS) is 12.8. The van der Waals surface area contributed by atoms with Crippen LogP contribution in [0.15, 0.2) is 47.8 Å². The van der Waals surface area contributed by atoms with E-state index in [1.807, 2.05) is 11.3 Å². The van der Waals surface area contributed by atoms with E-state index in [0.29, 0.717) is 6.04 Å². The minimum Gasteiger partial charge on any atom is -0.306 e. The highest BCUT2D eigenvalue weighted by molar-refractivity contribution is 7.10. The van der Waals surface area contributed by atoms with E-state index >= 15 is 0 Å². The summed E-state index contributed by atoms with van der Waals surface area (Å²) in [5, 5.41) is 5.83. The zero-order chi connectivity index (χ0) is 12.8. The Morgan fingerprint density at radius 3 is 2.44 bits per heavy atom. The van der Waals surface area contributed by atoms with Gasteiger partial charge in [-0.1, -0.05) is 50.2 Å². The minimum absolute atomic E-state index is 0.338. The molecule has 18 heavy (non-hydrogen) atoms. The molecule has 1 aromatic carbocycles. The summed E-state index contributed by atoms with van der Waals surface area (Å²) >= 11 is 1.82. The Kier molecular flexibility index (Phi) is 4.97. The number of benzene rings is 1. The van der Waals surface area contributed by atoms with Crippen LogP contribution >= 0.6 is 11.3 Å². The molecule has 1 aromatic heterocycles. The maximum atomic E-state index is 3.68. The monoisotopic (exact) mass is 259 g/mol. The van der Waals surface area contributed by atoms with Crippen molar-refractivity contribution in [3.63, 3.8) is 0 Å². The standard InChI is InChI=1S/C16H21NS/c1-13(2)10-11-17-16(15-9-6-12-18-15)14-7-4-3-5-8-14/h3-9,12-13,16-17H,10-11H2,1-2H3. The molecule has 1 unspecified atom stereocenters. The summed E-state index contributed by atoms with van der Waals surface area (Å²) in [5.74, 6) is 0.747. The predicted molar refractivity (Wildman–Crippen MR) is 80.1 cm³/mol. The zero-order valence-electron chi connectivity index (χ0n) is 11.1. The van der Waals surface area contributed by atoms with Crippen molar-refractivity contribution in [2.24, 2.45) is 5.92 Å². The lowest BCUT2D eigenvalue weighted by Crippen LogP contribution is -2.23. The first-order chi connectivity index (χ1) is 8.77. The lowest BCUT2D eigenvalue weighted by molar-refractivity contribution is 0.513. The van der Waals surface area contributed by atoms with Crippen LogP contribution in [-0.4, -0.2) is 6.54 Å². The van der Waals surface area contributed by atoms with Crippen LogP contribution in [0.5, 0.6) is 0 Å². The molecular weight excluding hydrogens is 238 g/mol. The van der Waals surface area contributed by atoms with Crippen molar-refractivity contribution < 1.29 is 0 Å². The Balaban J connectivity index is 2.09. The summed E-state index contributed by atoms with van der Waals surface area (Å²) < 4.78 is 0. The van der Waals surface area contributed by atoms with E-state index in [4.69, 9.17) is 0 Å². The molecule has 1 nitrogen and oxygen atoms in total. The second-order valence-corrected chi connectivity index (χ2v) is 5.98. The number of hydrogen-bond donors (Lipinski definition) is 1. The highest BCUT2D eigenvalue weighted by atomic mass is 32.1. The van der Waals surface area contributed by atoms with Gasteiger partial charge in [0.2, 0.25) is 0 Å². The van der Waals surface area contributed by atoms with Gasteiger partial charge < -0.3 is 5.32 Å². The molecule has 1 N–H and O–H groups in total. The molecule has 0 bridgehead atoms. The van der Waals surface area contributed by atoms with Crippen molar-refractivity contribution in [2.75, 3.05) is 6.54 Å². The van der Waals surface area contributed by atoms with Gasteiger partial charge in [-0.3, -0.25) is 0 Å². The van der Waals surface area contributed by atoms with Gasteiger partial charge in [0.1, 0.15) is 0 Å². The van der Waals surface area contributed by atoms with Gasteiger partial charge in [-0.25, -0.2) is 0 Å². The van der Waals surface area contributed by atoms with Crippen molar-refractivity contribution in [3.8, 4) is 0 Å². The summed E-state index contributed by atoms with van der Waals surface area (Å²) in [7, 11) is 0. The molecule has 2 aromatic rings. The fourth-order valence-corrected chi connectivity index (χ4v) is 2.83. The van der Waals surface area contributed by atoms with Crippen LogP contribution in [0.2, 0.25) is 0 Å². The van der Waals surface area contributed by atoms with E-state index in [9.17, 15) is 0 Å². The van der Waals surface area contributed by atoms with Crippen molar-refractivity contribution >= 4 is 11.3 Å². The molecule has 0 fully saturated rings. The minimum atomic E-state index is 0.338. The maximum Gasteiger partial charge on any atom is 0.0671 e. The van der Waals surface area contributed by atoms with Gasteiger partial charge in [0.15, 0.2) is 0 Å². The lowest BCUT2D eigenvalue weighted by atomic mass is 10.0. The fraction of sp³-hybridized carbons (Fsp3) is 0.375. The molecule has 0 amide bonds. The third kappa shape index (κ3) is 3.69. The molecule has 0 saturated heterocycles. The largest absolute Gasteiger partial charge is 0.306 e. The second kappa shape index (κ2) is 6.72. The van der Waals surface area contributed by atoms with Crippen molar-refractivity contribution in [1.82, 2.24) is 5.32 Å². The van der Waals surface area contributed by atoms with Crippen LogP contribution in [0.3, 0.4) is 0 Å². The molecule has 0 saturated carbocycles. The molecule has 0 aliphatic carbocycles. The number of nitrogens with one attached hydrogen (secondary N) is 1.